The summed E-state index contributed by atoms with van der Waals surface area (Å²) in [6, 6.07) is 6.19. The molecule has 1 aromatic carbocycles. The largest absolute Gasteiger partial charge is 0.339 e. The van der Waals surface area contributed by atoms with Crippen molar-refractivity contribution in [1.29, 1.82) is 0 Å². The van der Waals surface area contributed by atoms with Crippen molar-refractivity contribution in [3.8, 4) is 0 Å². The molecule has 3 aliphatic carbocycles. The monoisotopic (exact) mass is 417 g/mol. The first-order valence-electron chi connectivity index (χ1n) is 11.1. The fourth-order valence-electron chi connectivity index (χ4n) is 4.72. The van der Waals surface area contributed by atoms with E-state index in [9.17, 15) is 13.2 Å². The number of benzene rings is 1. The lowest BCUT2D eigenvalue weighted by Crippen LogP contribution is -2.52. The highest BCUT2D eigenvalue weighted by Gasteiger charge is 2.36. The highest BCUT2D eigenvalue weighted by Crippen LogP contribution is 2.34. The molecule has 3 fully saturated rings. The standard InChI is InChI=1S/C22H31N3O3S/c26-22(16-24(20-7-8-20)15-17-4-5-17)23-10-12-25(13-11-23)29(27,28)21-9-6-18-2-1-3-19(18)14-21/h6,9,14,17,20H,1-5,7-8,10-13,15-16H2. The van der Waals surface area contributed by atoms with E-state index in [1.54, 1.807) is 10.4 Å². The number of aryl methyl sites for hydroxylation is 2. The van der Waals surface area contributed by atoms with Crippen molar-refractivity contribution >= 4 is 15.9 Å². The quantitative estimate of drug-likeness (QED) is 0.680. The van der Waals surface area contributed by atoms with Crippen LogP contribution < -0.4 is 0 Å². The van der Waals surface area contributed by atoms with Crippen LogP contribution >= 0.6 is 0 Å². The maximum atomic E-state index is 13.1. The van der Waals surface area contributed by atoms with Gasteiger partial charge in [0.25, 0.3) is 0 Å². The third kappa shape index (κ3) is 4.23. The highest BCUT2D eigenvalue weighted by atomic mass is 32.2. The number of hydrogen-bond donors (Lipinski definition) is 0. The number of nitrogens with zero attached hydrogens (tertiary/aromatic N) is 3. The molecule has 5 rings (SSSR count). The lowest BCUT2D eigenvalue weighted by Gasteiger charge is -2.35. The van der Waals surface area contributed by atoms with Crippen LogP contribution in [0.2, 0.25) is 0 Å². The third-order valence-electron chi connectivity index (χ3n) is 6.89. The Bertz CT molecular complexity index is 885. The summed E-state index contributed by atoms with van der Waals surface area (Å²) in [5.74, 6) is 0.949. The van der Waals surface area contributed by atoms with Crippen molar-refractivity contribution < 1.29 is 13.2 Å². The Morgan fingerprint density at radius 1 is 1.00 bits per heavy atom. The van der Waals surface area contributed by atoms with E-state index in [4.69, 9.17) is 0 Å². The van der Waals surface area contributed by atoms with Crippen LogP contribution in [0.4, 0.5) is 0 Å². The molecule has 4 aliphatic rings. The molecule has 0 unspecified atom stereocenters. The van der Waals surface area contributed by atoms with Gasteiger partial charge in [-0.25, -0.2) is 8.42 Å². The number of piperazine rings is 1. The molecule has 1 heterocycles. The smallest absolute Gasteiger partial charge is 0.243 e. The number of hydrogen-bond acceptors (Lipinski definition) is 4. The van der Waals surface area contributed by atoms with E-state index in [0.717, 1.165) is 31.7 Å². The summed E-state index contributed by atoms with van der Waals surface area (Å²) >= 11 is 0. The summed E-state index contributed by atoms with van der Waals surface area (Å²) in [5.41, 5.74) is 2.46. The number of carbonyl (C=O) groups is 1. The first-order valence-corrected chi connectivity index (χ1v) is 12.6. The van der Waals surface area contributed by atoms with Crippen LogP contribution in [0.25, 0.3) is 0 Å². The van der Waals surface area contributed by atoms with Gasteiger partial charge in [0.05, 0.1) is 11.4 Å². The lowest BCUT2D eigenvalue weighted by atomic mass is 10.1. The second-order valence-corrected chi connectivity index (χ2v) is 11.1. The Labute approximate surface area is 173 Å². The number of fused-ring (bicyclic) bond motifs is 1. The van der Waals surface area contributed by atoms with E-state index >= 15 is 0 Å². The molecule has 0 spiro atoms. The number of carbonyl (C=O) groups excluding carboxylic acids is 1. The second-order valence-electron chi connectivity index (χ2n) is 9.17. The zero-order valence-corrected chi connectivity index (χ0v) is 17.9. The van der Waals surface area contributed by atoms with E-state index in [1.807, 2.05) is 17.0 Å². The Balaban J connectivity index is 1.19. The lowest BCUT2D eigenvalue weighted by molar-refractivity contribution is -0.133. The van der Waals surface area contributed by atoms with E-state index in [0.29, 0.717) is 43.7 Å². The van der Waals surface area contributed by atoms with Gasteiger partial charge in [-0.1, -0.05) is 6.07 Å². The molecule has 0 bridgehead atoms. The van der Waals surface area contributed by atoms with Gasteiger partial charge in [-0.3, -0.25) is 9.69 Å². The average Bonchev–Trinajstić information content (AvgIpc) is 3.65. The number of amides is 1. The molecule has 1 aromatic rings. The SMILES string of the molecule is O=C(CN(CC1CC1)C1CC1)N1CCN(S(=O)(=O)c2ccc3c(c2)CCC3)CC1. The summed E-state index contributed by atoms with van der Waals surface area (Å²) in [6.45, 7) is 3.31. The van der Waals surface area contributed by atoms with Crippen molar-refractivity contribution in [3.05, 3.63) is 29.3 Å². The van der Waals surface area contributed by atoms with Crippen LogP contribution in [0, 0.1) is 5.92 Å². The highest BCUT2D eigenvalue weighted by molar-refractivity contribution is 7.89. The van der Waals surface area contributed by atoms with Crippen LogP contribution in [0.3, 0.4) is 0 Å². The molecule has 0 radical (unpaired) electrons. The molecule has 158 valence electrons. The van der Waals surface area contributed by atoms with Crippen molar-refractivity contribution in [2.75, 3.05) is 39.3 Å². The molecule has 6 nitrogen and oxygen atoms in total. The Morgan fingerprint density at radius 3 is 2.41 bits per heavy atom. The molecule has 29 heavy (non-hydrogen) atoms. The van der Waals surface area contributed by atoms with Crippen LogP contribution in [0.15, 0.2) is 23.1 Å². The van der Waals surface area contributed by atoms with Gasteiger partial charge in [0.15, 0.2) is 0 Å². The molecular formula is C22H31N3O3S. The topological polar surface area (TPSA) is 60.9 Å². The Kier molecular flexibility index (Phi) is 5.16. The predicted molar refractivity (Wildman–Crippen MR) is 111 cm³/mol. The van der Waals surface area contributed by atoms with Crippen molar-refractivity contribution in [3.63, 3.8) is 0 Å². The summed E-state index contributed by atoms with van der Waals surface area (Å²) < 4.78 is 27.7. The normalized spacial score (nSPS) is 22.9. The maximum Gasteiger partial charge on any atom is 0.243 e. The summed E-state index contributed by atoms with van der Waals surface area (Å²) in [7, 11) is -3.48. The van der Waals surface area contributed by atoms with E-state index in [1.165, 1.54) is 36.8 Å². The van der Waals surface area contributed by atoms with E-state index in [2.05, 4.69) is 4.90 Å². The molecule has 2 saturated carbocycles. The summed E-state index contributed by atoms with van der Waals surface area (Å²) in [6.07, 6.45) is 8.17. The number of sulfonamides is 1. The van der Waals surface area contributed by atoms with Gasteiger partial charge in [0.2, 0.25) is 15.9 Å². The van der Waals surface area contributed by atoms with Gasteiger partial charge >= 0.3 is 0 Å². The average molecular weight is 418 g/mol. The minimum atomic E-state index is -3.48. The van der Waals surface area contributed by atoms with Crippen LogP contribution in [0.5, 0.6) is 0 Å². The van der Waals surface area contributed by atoms with Crippen LogP contribution in [-0.2, 0) is 27.7 Å². The first-order chi connectivity index (χ1) is 14.0. The van der Waals surface area contributed by atoms with Gasteiger partial charge in [0, 0.05) is 38.8 Å². The second kappa shape index (κ2) is 7.67. The minimum absolute atomic E-state index is 0.159. The third-order valence-corrected chi connectivity index (χ3v) is 8.78. The Hall–Kier alpha value is -1.44. The molecule has 1 saturated heterocycles. The molecule has 1 amide bonds. The molecule has 0 aromatic heterocycles. The summed E-state index contributed by atoms with van der Waals surface area (Å²) in [5, 5.41) is 0. The van der Waals surface area contributed by atoms with Crippen molar-refractivity contribution in [2.24, 2.45) is 5.92 Å². The molecular weight excluding hydrogens is 386 g/mol. The zero-order valence-electron chi connectivity index (χ0n) is 17.1. The molecule has 7 heteroatoms. The van der Waals surface area contributed by atoms with Crippen molar-refractivity contribution in [1.82, 2.24) is 14.1 Å². The van der Waals surface area contributed by atoms with Gasteiger partial charge in [-0.2, -0.15) is 4.31 Å². The first kappa shape index (κ1) is 19.5. The number of rotatable bonds is 7. The van der Waals surface area contributed by atoms with Gasteiger partial charge in [0.1, 0.15) is 0 Å². The molecule has 1 aliphatic heterocycles. The molecule has 0 atom stereocenters. The fourth-order valence-corrected chi connectivity index (χ4v) is 6.20. The van der Waals surface area contributed by atoms with E-state index < -0.39 is 10.0 Å². The zero-order chi connectivity index (χ0) is 20.0. The molecule has 0 N–H and O–H groups in total. The summed E-state index contributed by atoms with van der Waals surface area (Å²) in [4.78, 5) is 17.4. The predicted octanol–water partition coefficient (Wildman–Crippen LogP) is 1.88. The van der Waals surface area contributed by atoms with E-state index in [-0.39, 0.29) is 5.91 Å². The fraction of sp³-hybridized carbons (Fsp3) is 0.682. The Morgan fingerprint density at radius 2 is 1.72 bits per heavy atom. The maximum absolute atomic E-state index is 13.1. The minimum Gasteiger partial charge on any atom is -0.339 e. The van der Waals surface area contributed by atoms with Crippen LogP contribution in [-0.4, -0.2) is 73.7 Å². The van der Waals surface area contributed by atoms with Gasteiger partial charge < -0.3 is 4.90 Å². The van der Waals surface area contributed by atoms with Crippen LogP contribution in [0.1, 0.15) is 43.2 Å². The van der Waals surface area contributed by atoms with Crippen molar-refractivity contribution in [2.45, 2.75) is 55.9 Å². The van der Waals surface area contributed by atoms with Gasteiger partial charge in [-0.05, 0) is 74.1 Å². The van der Waals surface area contributed by atoms with Gasteiger partial charge in [-0.15, -0.1) is 0 Å².